The van der Waals surface area contributed by atoms with Crippen LogP contribution in [-0.2, 0) is 16.6 Å². The summed E-state index contributed by atoms with van der Waals surface area (Å²) >= 11 is 1.30. The first kappa shape index (κ1) is 16.0. The summed E-state index contributed by atoms with van der Waals surface area (Å²) in [5.41, 5.74) is 2.78. The lowest BCUT2D eigenvalue weighted by Gasteiger charge is -2.20. The van der Waals surface area contributed by atoms with Gasteiger partial charge < -0.3 is 5.32 Å². The molecule has 6 heteroatoms. The van der Waals surface area contributed by atoms with Crippen molar-refractivity contribution in [2.24, 2.45) is 0 Å². The summed E-state index contributed by atoms with van der Waals surface area (Å²) in [5.74, 6) is 0. The Kier molecular flexibility index (Phi) is 4.70. The lowest BCUT2D eigenvalue weighted by atomic mass is 10.1. The van der Waals surface area contributed by atoms with E-state index in [2.05, 4.69) is 5.32 Å². The van der Waals surface area contributed by atoms with Gasteiger partial charge in [0.2, 0.25) is 0 Å². The number of aryl methyl sites for hydroxylation is 2. The van der Waals surface area contributed by atoms with Crippen molar-refractivity contribution in [3.05, 3.63) is 46.3 Å². The van der Waals surface area contributed by atoms with Crippen molar-refractivity contribution in [1.29, 1.82) is 0 Å². The van der Waals surface area contributed by atoms with Crippen molar-refractivity contribution in [2.45, 2.75) is 24.6 Å². The number of hydrogen-bond donors (Lipinski definition) is 1. The monoisotopic (exact) mass is 324 g/mol. The van der Waals surface area contributed by atoms with Gasteiger partial charge in [0.25, 0.3) is 10.0 Å². The minimum absolute atomic E-state index is 0.371. The largest absolute Gasteiger partial charge is 0.315 e. The van der Waals surface area contributed by atoms with Crippen molar-refractivity contribution >= 4 is 27.0 Å². The number of hydrogen-bond acceptors (Lipinski definition) is 4. The lowest BCUT2D eigenvalue weighted by Crippen LogP contribution is -2.26. The topological polar surface area (TPSA) is 49.4 Å². The molecule has 0 aliphatic rings. The standard InChI is InChI=1S/C15H20N2O2S2/c1-11-5-7-14(12(2)9-11)17(4)21(18,19)15-8-6-13(20-15)10-16-3/h5-9,16H,10H2,1-4H3. The van der Waals surface area contributed by atoms with Crippen LogP contribution in [0, 0.1) is 13.8 Å². The van der Waals surface area contributed by atoms with E-state index in [9.17, 15) is 8.42 Å². The number of benzene rings is 1. The molecule has 0 spiro atoms. The fourth-order valence-electron chi connectivity index (χ4n) is 2.19. The SMILES string of the molecule is CNCc1ccc(S(=O)(=O)N(C)c2ccc(C)cc2C)s1. The summed E-state index contributed by atoms with van der Waals surface area (Å²) in [7, 11) is -0.0562. The Morgan fingerprint density at radius 1 is 1.19 bits per heavy atom. The molecule has 1 aromatic carbocycles. The van der Waals surface area contributed by atoms with Gasteiger partial charge in [0.1, 0.15) is 4.21 Å². The molecule has 0 fully saturated rings. The van der Waals surface area contributed by atoms with Gasteiger partial charge in [-0.1, -0.05) is 17.7 Å². The van der Waals surface area contributed by atoms with Crippen LogP contribution in [0.25, 0.3) is 0 Å². The van der Waals surface area contributed by atoms with E-state index < -0.39 is 10.0 Å². The molecular weight excluding hydrogens is 304 g/mol. The summed E-state index contributed by atoms with van der Waals surface area (Å²) in [6.45, 7) is 4.59. The normalized spacial score (nSPS) is 11.6. The molecule has 0 amide bonds. The molecule has 0 saturated heterocycles. The van der Waals surface area contributed by atoms with Crippen LogP contribution in [0.1, 0.15) is 16.0 Å². The molecule has 114 valence electrons. The number of anilines is 1. The van der Waals surface area contributed by atoms with Gasteiger partial charge >= 0.3 is 0 Å². The smallest absolute Gasteiger partial charge is 0.273 e. The van der Waals surface area contributed by atoms with Crippen molar-refractivity contribution in [2.75, 3.05) is 18.4 Å². The number of rotatable bonds is 5. The number of thiophene rings is 1. The van der Waals surface area contributed by atoms with Gasteiger partial charge in [-0.25, -0.2) is 8.42 Å². The number of nitrogens with zero attached hydrogens (tertiary/aromatic N) is 1. The highest BCUT2D eigenvalue weighted by Crippen LogP contribution is 2.29. The minimum atomic E-state index is -3.50. The van der Waals surface area contributed by atoms with E-state index in [-0.39, 0.29) is 0 Å². The molecule has 0 bridgehead atoms. The second kappa shape index (κ2) is 6.17. The van der Waals surface area contributed by atoms with Crippen molar-refractivity contribution in [1.82, 2.24) is 5.32 Å². The average molecular weight is 324 g/mol. The van der Waals surface area contributed by atoms with E-state index in [0.29, 0.717) is 16.4 Å². The summed E-state index contributed by atoms with van der Waals surface area (Å²) < 4.78 is 27.1. The van der Waals surface area contributed by atoms with Crippen LogP contribution in [0.2, 0.25) is 0 Å². The zero-order valence-electron chi connectivity index (χ0n) is 12.7. The van der Waals surface area contributed by atoms with Gasteiger partial charge in [-0.15, -0.1) is 11.3 Å². The van der Waals surface area contributed by atoms with Gasteiger partial charge in [0.05, 0.1) is 5.69 Å². The predicted molar refractivity (Wildman–Crippen MR) is 88.6 cm³/mol. The Bertz CT molecular complexity index is 736. The number of sulfonamides is 1. The third-order valence-electron chi connectivity index (χ3n) is 3.29. The third-order valence-corrected chi connectivity index (χ3v) is 6.62. The van der Waals surface area contributed by atoms with Gasteiger partial charge in [-0.3, -0.25) is 4.31 Å². The van der Waals surface area contributed by atoms with Crippen LogP contribution in [0.15, 0.2) is 34.5 Å². The van der Waals surface area contributed by atoms with Crippen molar-refractivity contribution in [3.8, 4) is 0 Å². The van der Waals surface area contributed by atoms with Gasteiger partial charge in [0, 0.05) is 18.5 Å². The first-order valence-corrected chi connectivity index (χ1v) is 8.91. The highest BCUT2D eigenvalue weighted by Gasteiger charge is 2.24. The molecule has 0 radical (unpaired) electrons. The highest BCUT2D eigenvalue weighted by molar-refractivity contribution is 7.94. The maximum atomic E-state index is 12.7. The van der Waals surface area contributed by atoms with Crippen LogP contribution < -0.4 is 9.62 Å². The van der Waals surface area contributed by atoms with E-state index in [1.165, 1.54) is 15.6 Å². The van der Waals surface area contributed by atoms with Crippen LogP contribution in [-0.4, -0.2) is 22.5 Å². The summed E-state index contributed by atoms with van der Waals surface area (Å²) in [5, 5.41) is 3.03. The molecule has 0 saturated carbocycles. The average Bonchev–Trinajstić information content (AvgIpc) is 2.88. The highest BCUT2D eigenvalue weighted by atomic mass is 32.2. The Balaban J connectivity index is 2.37. The zero-order valence-corrected chi connectivity index (χ0v) is 14.3. The molecule has 2 rings (SSSR count). The van der Waals surface area contributed by atoms with Gasteiger partial charge in [-0.2, -0.15) is 0 Å². The lowest BCUT2D eigenvalue weighted by molar-refractivity contribution is 0.596. The summed E-state index contributed by atoms with van der Waals surface area (Å²) in [6.07, 6.45) is 0. The third kappa shape index (κ3) is 3.28. The fraction of sp³-hybridized carbons (Fsp3) is 0.333. The zero-order chi connectivity index (χ0) is 15.6. The van der Waals surface area contributed by atoms with Crippen LogP contribution >= 0.6 is 11.3 Å². The Morgan fingerprint density at radius 2 is 1.90 bits per heavy atom. The summed E-state index contributed by atoms with van der Waals surface area (Å²) in [6, 6.07) is 9.29. The summed E-state index contributed by atoms with van der Waals surface area (Å²) in [4.78, 5) is 1.00. The molecule has 1 heterocycles. The van der Waals surface area contributed by atoms with Crippen LogP contribution in [0.4, 0.5) is 5.69 Å². The molecule has 0 aliphatic carbocycles. The van der Waals surface area contributed by atoms with Crippen molar-refractivity contribution in [3.63, 3.8) is 0 Å². The van der Waals surface area contributed by atoms with E-state index in [0.717, 1.165) is 16.0 Å². The van der Waals surface area contributed by atoms with Crippen LogP contribution in [0.5, 0.6) is 0 Å². The molecule has 1 aromatic heterocycles. The second-order valence-corrected chi connectivity index (χ2v) is 8.38. The van der Waals surface area contributed by atoms with Gasteiger partial charge in [0.15, 0.2) is 0 Å². The first-order chi connectivity index (χ1) is 9.86. The molecular formula is C15H20N2O2S2. The quantitative estimate of drug-likeness (QED) is 0.920. The molecule has 0 unspecified atom stereocenters. The van der Waals surface area contributed by atoms with E-state index in [4.69, 9.17) is 0 Å². The Labute approximate surface area is 130 Å². The second-order valence-electron chi connectivity index (χ2n) is 5.01. The maximum Gasteiger partial charge on any atom is 0.273 e. The Hall–Kier alpha value is -1.37. The molecule has 0 aliphatic heterocycles. The van der Waals surface area contributed by atoms with E-state index in [1.807, 2.05) is 45.2 Å². The Morgan fingerprint density at radius 3 is 2.52 bits per heavy atom. The van der Waals surface area contributed by atoms with Gasteiger partial charge in [-0.05, 0) is 44.7 Å². The van der Waals surface area contributed by atoms with Crippen molar-refractivity contribution < 1.29 is 8.42 Å². The van der Waals surface area contributed by atoms with E-state index >= 15 is 0 Å². The first-order valence-electron chi connectivity index (χ1n) is 6.65. The predicted octanol–water partition coefficient (Wildman–Crippen LogP) is 2.91. The van der Waals surface area contributed by atoms with Crippen LogP contribution in [0.3, 0.4) is 0 Å². The molecule has 1 N–H and O–H groups in total. The molecule has 0 atom stereocenters. The molecule has 4 nitrogen and oxygen atoms in total. The fourth-order valence-corrected chi connectivity index (χ4v) is 4.99. The number of nitrogens with one attached hydrogen (secondary N) is 1. The minimum Gasteiger partial charge on any atom is -0.315 e. The molecule has 21 heavy (non-hydrogen) atoms. The maximum absolute atomic E-state index is 12.7. The van der Waals surface area contributed by atoms with E-state index in [1.54, 1.807) is 13.1 Å². The molecule has 2 aromatic rings.